The lowest BCUT2D eigenvalue weighted by molar-refractivity contribution is -0.175. The standard InChI is InChI=1S/C37H49NO6/c1-4-43-32(41)38(23-27-11-8-20-44-27)24-36(42)17-14-30-34(36,3)16-13-29-33(2)15-12-26(39)21-35(33)18-19-37(29,30)28(22-35)31(40)25-9-6-5-7-10-25/h5-7,9-10,18-19,22,26-27,29-30,39,42H,4,8,11-17,20-21,23-24H2,1-3H3/t26?,27-,29-,30-,33-,34+,35+,36-,37-/m1/s1. The van der Waals surface area contributed by atoms with E-state index in [9.17, 15) is 19.8 Å². The molecule has 1 saturated heterocycles. The van der Waals surface area contributed by atoms with E-state index in [4.69, 9.17) is 9.47 Å². The smallest absolute Gasteiger partial charge is 0.409 e. The Balaban J connectivity index is 1.30. The number of hydrogen-bond acceptors (Lipinski definition) is 6. The van der Waals surface area contributed by atoms with Crippen LogP contribution in [0.5, 0.6) is 0 Å². The van der Waals surface area contributed by atoms with Crippen molar-refractivity contribution in [3.8, 4) is 0 Å². The van der Waals surface area contributed by atoms with E-state index < -0.39 is 22.5 Å². The molecule has 1 heterocycles. The van der Waals surface area contributed by atoms with Crippen LogP contribution >= 0.6 is 0 Å². The van der Waals surface area contributed by atoms with Crippen LogP contribution in [-0.4, -0.2) is 71.1 Å². The van der Waals surface area contributed by atoms with Crippen LogP contribution in [0.4, 0.5) is 4.79 Å². The lowest BCUT2D eigenvalue weighted by Gasteiger charge is -2.71. The van der Waals surface area contributed by atoms with Gasteiger partial charge in [-0.3, -0.25) is 4.79 Å². The number of aliphatic hydroxyl groups excluding tert-OH is 1. The SMILES string of the molecule is CCOC(=O)N(C[C@H]1CCCO1)C[C@]1(O)CC[C@H]2[C@]34C=C[C@@]5(C=C3C(=O)c3ccccc3)CC(O)CC[C@]5(C)[C@H]4CC[C@@]21C. The molecule has 1 unspecified atom stereocenters. The number of benzene rings is 1. The maximum absolute atomic E-state index is 14.6. The second kappa shape index (κ2) is 10.5. The molecule has 8 rings (SSSR count). The number of hydrogen-bond donors (Lipinski definition) is 2. The lowest BCUT2D eigenvalue weighted by atomic mass is 9.32. The molecule has 2 N–H and O–H groups in total. The van der Waals surface area contributed by atoms with E-state index in [1.54, 1.807) is 4.90 Å². The second-order valence-electron chi connectivity index (χ2n) is 15.2. The van der Waals surface area contributed by atoms with Gasteiger partial charge in [-0.1, -0.05) is 62.4 Å². The number of nitrogens with zero attached hydrogens (tertiary/aromatic N) is 1. The number of allylic oxidation sites excluding steroid dienone is 4. The third kappa shape index (κ3) is 4.10. The number of amides is 1. The molecule has 1 aromatic carbocycles. The number of Topliss-reactive ketones (excluding diaryl/α,β-unsaturated/α-hetero) is 1. The summed E-state index contributed by atoms with van der Waals surface area (Å²) in [5.41, 5.74) is -1.08. The Morgan fingerprint density at radius 1 is 1.00 bits per heavy atom. The Morgan fingerprint density at radius 2 is 1.73 bits per heavy atom. The van der Waals surface area contributed by atoms with Crippen LogP contribution in [0.2, 0.25) is 0 Å². The van der Waals surface area contributed by atoms with Crippen LogP contribution < -0.4 is 0 Å². The lowest BCUT2D eigenvalue weighted by Crippen LogP contribution is -2.67. The predicted molar refractivity (Wildman–Crippen MR) is 167 cm³/mol. The molecule has 1 amide bonds. The maximum atomic E-state index is 14.6. The van der Waals surface area contributed by atoms with Crippen molar-refractivity contribution in [3.05, 3.63) is 59.7 Å². The molecule has 4 fully saturated rings. The Kier molecular flexibility index (Phi) is 7.23. The van der Waals surface area contributed by atoms with Crippen LogP contribution in [0.25, 0.3) is 0 Å². The van der Waals surface area contributed by atoms with Crippen molar-refractivity contribution in [1.29, 1.82) is 0 Å². The normalized spacial score (nSPS) is 43.5. The highest BCUT2D eigenvalue weighted by molar-refractivity contribution is 6.10. The Bertz CT molecular complexity index is 1370. The summed E-state index contributed by atoms with van der Waals surface area (Å²) in [6.45, 7) is 8.01. The third-order valence-corrected chi connectivity index (χ3v) is 13.4. The molecule has 1 aromatic rings. The largest absolute Gasteiger partial charge is 0.450 e. The van der Waals surface area contributed by atoms with Crippen LogP contribution in [0, 0.1) is 33.5 Å². The van der Waals surface area contributed by atoms with Gasteiger partial charge >= 0.3 is 6.09 Å². The fourth-order valence-electron chi connectivity index (χ4n) is 11.1. The van der Waals surface area contributed by atoms with Crippen LogP contribution in [0.15, 0.2) is 54.1 Å². The molecular formula is C37H49NO6. The van der Waals surface area contributed by atoms with Gasteiger partial charge in [0, 0.05) is 34.0 Å². The van der Waals surface area contributed by atoms with E-state index in [-0.39, 0.29) is 53.8 Å². The van der Waals surface area contributed by atoms with E-state index >= 15 is 0 Å². The summed E-state index contributed by atoms with van der Waals surface area (Å²) < 4.78 is 11.4. The molecule has 7 aliphatic rings. The summed E-state index contributed by atoms with van der Waals surface area (Å²) in [6, 6.07) is 9.59. The Labute approximate surface area is 261 Å². The zero-order chi connectivity index (χ0) is 31.0. The van der Waals surface area contributed by atoms with Gasteiger partial charge in [0.15, 0.2) is 5.78 Å². The van der Waals surface area contributed by atoms with Gasteiger partial charge in [0.2, 0.25) is 0 Å². The number of carbonyl (C=O) groups is 2. The fourth-order valence-corrected chi connectivity index (χ4v) is 11.1. The zero-order valence-corrected chi connectivity index (χ0v) is 26.6. The van der Waals surface area contributed by atoms with Crippen molar-refractivity contribution < 1.29 is 29.3 Å². The summed E-state index contributed by atoms with van der Waals surface area (Å²) >= 11 is 0. The van der Waals surface area contributed by atoms with Gasteiger partial charge in [-0.15, -0.1) is 0 Å². The molecule has 7 nitrogen and oxygen atoms in total. The summed E-state index contributed by atoms with van der Waals surface area (Å²) in [5.74, 6) is 0.323. The van der Waals surface area contributed by atoms with Crippen molar-refractivity contribution >= 4 is 11.9 Å². The van der Waals surface area contributed by atoms with Crippen LogP contribution in [-0.2, 0) is 9.47 Å². The van der Waals surface area contributed by atoms with Crippen molar-refractivity contribution in [2.75, 3.05) is 26.3 Å². The monoisotopic (exact) mass is 603 g/mol. The van der Waals surface area contributed by atoms with Gasteiger partial charge < -0.3 is 24.6 Å². The molecule has 3 saturated carbocycles. The van der Waals surface area contributed by atoms with Gasteiger partial charge in [0.1, 0.15) is 0 Å². The predicted octanol–water partition coefficient (Wildman–Crippen LogP) is 6.10. The molecule has 1 aliphatic heterocycles. The van der Waals surface area contributed by atoms with Crippen LogP contribution in [0.1, 0.15) is 88.9 Å². The number of ketones is 1. The first-order chi connectivity index (χ1) is 21.0. The van der Waals surface area contributed by atoms with Crippen LogP contribution in [0.3, 0.4) is 0 Å². The summed E-state index contributed by atoms with van der Waals surface area (Å²) in [6.07, 6.45) is 13.4. The van der Waals surface area contributed by atoms with Gasteiger partial charge in [0.05, 0.1) is 37.5 Å². The maximum Gasteiger partial charge on any atom is 0.409 e. The van der Waals surface area contributed by atoms with E-state index in [1.807, 2.05) is 37.3 Å². The highest BCUT2D eigenvalue weighted by atomic mass is 16.6. The molecular weight excluding hydrogens is 554 g/mol. The molecule has 2 spiro atoms. The molecule has 6 aliphatic carbocycles. The van der Waals surface area contributed by atoms with E-state index in [0.717, 1.165) is 50.5 Å². The molecule has 7 heteroatoms. The minimum absolute atomic E-state index is 0.0302. The van der Waals surface area contributed by atoms with Crippen molar-refractivity contribution in [2.45, 2.75) is 96.4 Å². The highest BCUT2D eigenvalue weighted by Gasteiger charge is 2.74. The quantitative estimate of drug-likeness (QED) is 0.289. The number of carbonyl (C=O) groups excluding carboxylic acids is 2. The molecule has 9 atom stereocenters. The van der Waals surface area contributed by atoms with Gasteiger partial charge in [-0.05, 0) is 82.0 Å². The number of aliphatic hydroxyl groups is 2. The Hall–Kier alpha value is -2.48. The first-order valence-corrected chi connectivity index (χ1v) is 17.0. The molecule has 0 aromatic heterocycles. The number of ether oxygens (including phenoxy) is 2. The van der Waals surface area contributed by atoms with E-state index in [1.165, 1.54) is 0 Å². The van der Waals surface area contributed by atoms with E-state index in [0.29, 0.717) is 31.6 Å². The summed E-state index contributed by atoms with van der Waals surface area (Å²) in [4.78, 5) is 29.5. The van der Waals surface area contributed by atoms with Gasteiger partial charge in [0.25, 0.3) is 0 Å². The molecule has 0 radical (unpaired) electrons. The first-order valence-electron chi connectivity index (χ1n) is 17.0. The average molecular weight is 604 g/mol. The van der Waals surface area contributed by atoms with E-state index in [2.05, 4.69) is 32.1 Å². The minimum atomic E-state index is -1.13. The topological polar surface area (TPSA) is 96.3 Å². The number of rotatable bonds is 7. The average Bonchev–Trinajstić information content (AvgIpc) is 3.62. The zero-order valence-electron chi connectivity index (χ0n) is 26.6. The van der Waals surface area contributed by atoms with Crippen molar-refractivity contribution in [2.24, 2.45) is 33.5 Å². The van der Waals surface area contributed by atoms with Crippen molar-refractivity contribution in [1.82, 2.24) is 4.90 Å². The second-order valence-corrected chi connectivity index (χ2v) is 15.2. The third-order valence-electron chi connectivity index (χ3n) is 13.4. The Morgan fingerprint density at radius 3 is 2.45 bits per heavy atom. The highest BCUT2D eigenvalue weighted by Crippen LogP contribution is 2.78. The summed E-state index contributed by atoms with van der Waals surface area (Å²) in [7, 11) is 0. The fraction of sp³-hybridized carbons (Fsp3) is 0.676. The molecule has 2 bridgehead atoms. The summed E-state index contributed by atoms with van der Waals surface area (Å²) in [5, 5.41) is 23.6. The number of fused-ring (bicyclic) bond motifs is 1. The minimum Gasteiger partial charge on any atom is -0.450 e. The van der Waals surface area contributed by atoms with Crippen molar-refractivity contribution in [3.63, 3.8) is 0 Å². The molecule has 44 heavy (non-hydrogen) atoms. The first kappa shape index (κ1) is 30.2. The molecule has 238 valence electrons. The van der Waals surface area contributed by atoms with Gasteiger partial charge in [-0.25, -0.2) is 4.79 Å². The van der Waals surface area contributed by atoms with Gasteiger partial charge in [-0.2, -0.15) is 0 Å².